The first-order chi connectivity index (χ1) is 10.3. The lowest BCUT2D eigenvalue weighted by Crippen LogP contribution is -2.32. The molecule has 1 aromatic heterocycles. The highest BCUT2D eigenvalue weighted by Crippen LogP contribution is 2.08. The van der Waals surface area contributed by atoms with E-state index >= 15 is 0 Å². The van der Waals surface area contributed by atoms with Gasteiger partial charge in [-0.15, -0.1) is 24.0 Å². The summed E-state index contributed by atoms with van der Waals surface area (Å²) in [4.78, 5) is 4.37. The molecule has 1 heterocycles. The minimum atomic E-state index is 0. The van der Waals surface area contributed by atoms with Crippen LogP contribution in [0.1, 0.15) is 30.9 Å². The second-order valence-electron chi connectivity index (χ2n) is 5.01. The van der Waals surface area contributed by atoms with Crippen molar-refractivity contribution in [3.63, 3.8) is 0 Å². The first kappa shape index (κ1) is 18.5. The fourth-order valence-corrected chi connectivity index (χ4v) is 2.03. The van der Waals surface area contributed by atoms with Gasteiger partial charge in [-0.1, -0.05) is 37.6 Å². The van der Waals surface area contributed by atoms with Crippen LogP contribution in [0.4, 0.5) is 0 Å². The van der Waals surface area contributed by atoms with Gasteiger partial charge in [-0.05, 0) is 23.6 Å². The molecule has 5 nitrogen and oxygen atoms in total. The van der Waals surface area contributed by atoms with E-state index in [9.17, 15) is 0 Å². The SMILES string of the molecule is CCCCNC(N)=NCc1cccc(Cn2cccn2)c1.I. The highest BCUT2D eigenvalue weighted by molar-refractivity contribution is 14.0. The molecule has 3 N–H and O–H groups in total. The Labute approximate surface area is 149 Å². The van der Waals surface area contributed by atoms with Crippen LogP contribution in [0.25, 0.3) is 0 Å². The molecular weight excluding hydrogens is 389 g/mol. The molecule has 0 saturated carbocycles. The Balaban J connectivity index is 0.00000242. The number of aliphatic imine (C=N–C) groups is 1. The largest absolute Gasteiger partial charge is 0.370 e. The lowest BCUT2D eigenvalue weighted by molar-refractivity contribution is 0.686. The number of nitrogens with one attached hydrogen (secondary N) is 1. The van der Waals surface area contributed by atoms with E-state index in [1.165, 1.54) is 5.56 Å². The Kier molecular flexibility index (Phi) is 8.57. The zero-order valence-electron chi connectivity index (χ0n) is 12.9. The van der Waals surface area contributed by atoms with Crippen LogP contribution in [0, 0.1) is 0 Å². The minimum Gasteiger partial charge on any atom is -0.370 e. The summed E-state index contributed by atoms with van der Waals surface area (Å²) in [5, 5.41) is 7.33. The van der Waals surface area contributed by atoms with Crippen molar-refractivity contribution in [2.45, 2.75) is 32.9 Å². The Hall–Kier alpha value is -1.57. The fraction of sp³-hybridized carbons (Fsp3) is 0.375. The van der Waals surface area contributed by atoms with Crippen LogP contribution < -0.4 is 11.1 Å². The third-order valence-electron chi connectivity index (χ3n) is 3.16. The van der Waals surface area contributed by atoms with Gasteiger partial charge in [0.2, 0.25) is 0 Å². The summed E-state index contributed by atoms with van der Waals surface area (Å²) in [5.74, 6) is 0.515. The van der Waals surface area contributed by atoms with E-state index in [-0.39, 0.29) is 24.0 Å². The predicted octanol–water partition coefficient (Wildman–Crippen LogP) is 2.75. The molecule has 0 amide bonds. The molecule has 22 heavy (non-hydrogen) atoms. The number of aromatic nitrogens is 2. The van der Waals surface area contributed by atoms with Crippen molar-refractivity contribution < 1.29 is 0 Å². The third-order valence-corrected chi connectivity index (χ3v) is 3.16. The molecule has 0 unspecified atom stereocenters. The van der Waals surface area contributed by atoms with Gasteiger partial charge in [0.05, 0.1) is 13.1 Å². The van der Waals surface area contributed by atoms with Crippen molar-refractivity contribution in [1.82, 2.24) is 15.1 Å². The number of hydrogen-bond donors (Lipinski definition) is 2. The molecule has 0 bridgehead atoms. The predicted molar refractivity (Wildman–Crippen MR) is 101 cm³/mol. The lowest BCUT2D eigenvalue weighted by Gasteiger charge is -2.06. The van der Waals surface area contributed by atoms with E-state index in [1.807, 2.05) is 23.0 Å². The van der Waals surface area contributed by atoms with Crippen LogP contribution >= 0.6 is 24.0 Å². The number of benzene rings is 1. The molecule has 120 valence electrons. The Morgan fingerprint density at radius 2 is 2.14 bits per heavy atom. The van der Waals surface area contributed by atoms with Crippen LogP contribution in [0.3, 0.4) is 0 Å². The van der Waals surface area contributed by atoms with Gasteiger partial charge in [0, 0.05) is 18.9 Å². The van der Waals surface area contributed by atoms with Crippen molar-refractivity contribution in [2.24, 2.45) is 10.7 Å². The highest BCUT2D eigenvalue weighted by Gasteiger charge is 1.98. The van der Waals surface area contributed by atoms with Crippen molar-refractivity contribution in [1.29, 1.82) is 0 Å². The lowest BCUT2D eigenvalue weighted by atomic mass is 10.1. The van der Waals surface area contributed by atoms with Gasteiger partial charge in [-0.3, -0.25) is 4.68 Å². The van der Waals surface area contributed by atoms with Crippen LogP contribution in [0.5, 0.6) is 0 Å². The van der Waals surface area contributed by atoms with E-state index < -0.39 is 0 Å². The molecule has 2 aromatic rings. The number of halogens is 1. The molecule has 0 aliphatic carbocycles. The molecule has 1 aromatic carbocycles. The number of nitrogens with two attached hydrogens (primary N) is 1. The van der Waals surface area contributed by atoms with Gasteiger partial charge in [-0.2, -0.15) is 5.10 Å². The summed E-state index contributed by atoms with van der Waals surface area (Å²) >= 11 is 0. The van der Waals surface area contributed by atoms with E-state index in [2.05, 4.69) is 40.5 Å². The van der Waals surface area contributed by atoms with Crippen molar-refractivity contribution in [2.75, 3.05) is 6.54 Å². The third kappa shape index (κ3) is 6.46. The average molecular weight is 413 g/mol. The van der Waals surface area contributed by atoms with E-state index in [0.29, 0.717) is 12.5 Å². The quantitative estimate of drug-likeness (QED) is 0.318. The zero-order chi connectivity index (χ0) is 14.9. The second-order valence-corrected chi connectivity index (χ2v) is 5.01. The van der Waals surface area contributed by atoms with Gasteiger partial charge in [0.25, 0.3) is 0 Å². The summed E-state index contributed by atoms with van der Waals surface area (Å²) in [5.41, 5.74) is 8.20. The standard InChI is InChI=1S/C16H23N5.HI/c1-2-3-8-18-16(17)19-12-14-6-4-7-15(11-14)13-21-10-5-9-20-21;/h4-7,9-11H,2-3,8,12-13H2,1H3,(H3,17,18,19);1H. The molecule has 0 radical (unpaired) electrons. The van der Waals surface area contributed by atoms with Gasteiger partial charge >= 0.3 is 0 Å². The molecule has 2 rings (SSSR count). The van der Waals surface area contributed by atoms with Crippen LogP contribution in [-0.2, 0) is 13.1 Å². The summed E-state index contributed by atoms with van der Waals surface area (Å²) in [6, 6.07) is 10.3. The maximum Gasteiger partial charge on any atom is 0.188 e. The number of nitrogens with zero attached hydrogens (tertiary/aromatic N) is 3. The van der Waals surface area contributed by atoms with E-state index in [4.69, 9.17) is 5.73 Å². The summed E-state index contributed by atoms with van der Waals surface area (Å²) < 4.78 is 1.91. The number of guanidine groups is 1. The van der Waals surface area contributed by atoms with Gasteiger partial charge < -0.3 is 11.1 Å². The Morgan fingerprint density at radius 1 is 1.32 bits per heavy atom. The van der Waals surface area contributed by atoms with Crippen LogP contribution in [0.15, 0.2) is 47.7 Å². The summed E-state index contributed by atoms with van der Waals surface area (Å²) in [6.07, 6.45) is 6.00. The van der Waals surface area contributed by atoms with Gasteiger partial charge in [-0.25, -0.2) is 4.99 Å². The van der Waals surface area contributed by atoms with Gasteiger partial charge in [0.15, 0.2) is 5.96 Å². The fourth-order valence-electron chi connectivity index (χ4n) is 2.03. The maximum absolute atomic E-state index is 5.83. The van der Waals surface area contributed by atoms with Crippen molar-refractivity contribution in [3.05, 3.63) is 53.9 Å². The average Bonchev–Trinajstić information content (AvgIpc) is 2.99. The monoisotopic (exact) mass is 413 g/mol. The summed E-state index contributed by atoms with van der Waals surface area (Å²) in [7, 11) is 0. The Morgan fingerprint density at radius 3 is 2.86 bits per heavy atom. The number of unbranched alkanes of at least 4 members (excludes halogenated alkanes) is 1. The number of hydrogen-bond acceptors (Lipinski definition) is 2. The van der Waals surface area contributed by atoms with Crippen LogP contribution in [-0.4, -0.2) is 22.3 Å². The highest BCUT2D eigenvalue weighted by atomic mass is 127. The normalized spacial score (nSPS) is 11.0. The summed E-state index contributed by atoms with van der Waals surface area (Å²) in [6.45, 7) is 4.40. The minimum absolute atomic E-state index is 0. The molecular formula is C16H24IN5. The zero-order valence-corrected chi connectivity index (χ0v) is 15.2. The van der Waals surface area contributed by atoms with E-state index in [0.717, 1.165) is 31.5 Å². The second kappa shape index (κ2) is 10.2. The smallest absolute Gasteiger partial charge is 0.188 e. The molecule has 0 aliphatic rings. The van der Waals surface area contributed by atoms with Gasteiger partial charge in [0.1, 0.15) is 0 Å². The number of rotatable bonds is 7. The molecule has 0 aliphatic heterocycles. The van der Waals surface area contributed by atoms with Crippen molar-refractivity contribution >= 4 is 29.9 Å². The topological polar surface area (TPSA) is 68.2 Å². The molecule has 6 heteroatoms. The molecule has 0 spiro atoms. The maximum atomic E-state index is 5.83. The first-order valence-electron chi connectivity index (χ1n) is 7.37. The molecule has 0 atom stereocenters. The molecule has 0 fully saturated rings. The molecule has 0 saturated heterocycles. The van der Waals surface area contributed by atoms with Crippen molar-refractivity contribution in [3.8, 4) is 0 Å². The van der Waals surface area contributed by atoms with Crippen LogP contribution in [0.2, 0.25) is 0 Å². The van der Waals surface area contributed by atoms with E-state index in [1.54, 1.807) is 6.20 Å². The first-order valence-corrected chi connectivity index (χ1v) is 7.37. The Bertz CT molecular complexity index is 566.